The second kappa shape index (κ2) is 6.82. The number of hydrogen-bond acceptors (Lipinski definition) is 2. The van der Waals surface area contributed by atoms with Gasteiger partial charge in [0.2, 0.25) is 0 Å². The van der Waals surface area contributed by atoms with Crippen LogP contribution in [0.5, 0.6) is 0 Å². The summed E-state index contributed by atoms with van der Waals surface area (Å²) in [6.07, 6.45) is 3.30. The summed E-state index contributed by atoms with van der Waals surface area (Å²) in [7, 11) is 0. The van der Waals surface area contributed by atoms with Crippen molar-refractivity contribution in [2.45, 2.75) is 44.8 Å². The number of hydrogen-bond donors (Lipinski definition) is 2. The Morgan fingerprint density at radius 1 is 1.53 bits per heavy atom. The molecule has 3 atom stereocenters. The number of aliphatic hydroxyl groups excluding tert-OH is 1. The molecule has 0 radical (unpaired) electrons. The Hall–Kier alpha value is -0.450. The van der Waals surface area contributed by atoms with Crippen LogP contribution in [0.1, 0.15) is 44.3 Å². The van der Waals surface area contributed by atoms with Gasteiger partial charge in [-0.25, -0.2) is 4.39 Å². The highest BCUT2D eigenvalue weighted by Crippen LogP contribution is 2.28. The molecular formula is C15H21BrFNO. The molecule has 0 spiro atoms. The van der Waals surface area contributed by atoms with Gasteiger partial charge < -0.3 is 10.4 Å². The molecule has 0 saturated carbocycles. The highest BCUT2D eigenvalue weighted by molar-refractivity contribution is 9.10. The number of nitrogens with one attached hydrogen (secondary N) is 1. The van der Waals surface area contributed by atoms with E-state index in [2.05, 4.69) is 28.2 Å². The smallest absolute Gasteiger partial charge is 0.130 e. The Morgan fingerprint density at radius 2 is 2.32 bits per heavy atom. The normalized spacial score (nSPS) is 25.3. The van der Waals surface area contributed by atoms with Crippen LogP contribution in [0, 0.1) is 11.7 Å². The van der Waals surface area contributed by atoms with Crippen LogP contribution >= 0.6 is 15.9 Å². The van der Waals surface area contributed by atoms with Crippen molar-refractivity contribution in [2.24, 2.45) is 5.92 Å². The van der Waals surface area contributed by atoms with Crippen molar-refractivity contribution in [1.82, 2.24) is 5.32 Å². The molecule has 1 aliphatic rings. The Kier molecular flexibility index (Phi) is 5.37. The first kappa shape index (κ1) is 14.9. The average molecular weight is 330 g/mol. The largest absolute Gasteiger partial charge is 0.388 e. The van der Waals surface area contributed by atoms with Crippen LogP contribution in [0.3, 0.4) is 0 Å². The summed E-state index contributed by atoms with van der Waals surface area (Å²) < 4.78 is 14.5. The van der Waals surface area contributed by atoms with Crippen LogP contribution in [0.4, 0.5) is 4.39 Å². The van der Waals surface area contributed by atoms with Crippen molar-refractivity contribution in [3.8, 4) is 0 Å². The summed E-state index contributed by atoms with van der Waals surface area (Å²) >= 11 is 3.23. The summed E-state index contributed by atoms with van der Waals surface area (Å²) in [5, 5.41) is 13.6. The van der Waals surface area contributed by atoms with Crippen LogP contribution in [-0.4, -0.2) is 17.7 Å². The highest BCUT2D eigenvalue weighted by Gasteiger charge is 2.24. The Bertz CT molecular complexity index is 427. The van der Waals surface area contributed by atoms with Gasteiger partial charge in [-0.05, 0) is 43.9 Å². The molecule has 2 rings (SSSR count). The third kappa shape index (κ3) is 4.01. The average Bonchev–Trinajstić information content (AvgIpc) is 2.38. The van der Waals surface area contributed by atoms with E-state index in [0.29, 0.717) is 16.5 Å². The van der Waals surface area contributed by atoms with Gasteiger partial charge in [0.15, 0.2) is 0 Å². The summed E-state index contributed by atoms with van der Waals surface area (Å²) in [5.74, 6) is 0.387. The highest BCUT2D eigenvalue weighted by atomic mass is 79.9. The maximum Gasteiger partial charge on any atom is 0.130 e. The van der Waals surface area contributed by atoms with Crippen molar-refractivity contribution in [3.05, 3.63) is 34.1 Å². The summed E-state index contributed by atoms with van der Waals surface area (Å²) in [4.78, 5) is 0. The van der Waals surface area contributed by atoms with Crippen molar-refractivity contribution in [2.75, 3.05) is 6.54 Å². The maximum atomic E-state index is 13.8. The number of halogens is 2. The van der Waals surface area contributed by atoms with E-state index in [9.17, 15) is 9.50 Å². The number of aliphatic hydroxyl groups is 1. The van der Waals surface area contributed by atoms with Gasteiger partial charge in [-0.15, -0.1) is 0 Å². The zero-order chi connectivity index (χ0) is 13.8. The first-order chi connectivity index (χ1) is 9.10. The Balaban J connectivity index is 1.98. The third-order valence-corrected chi connectivity index (χ3v) is 4.50. The molecule has 19 heavy (non-hydrogen) atoms. The molecule has 1 aromatic carbocycles. The molecule has 1 heterocycles. The van der Waals surface area contributed by atoms with Gasteiger partial charge in [-0.3, -0.25) is 0 Å². The molecule has 1 fully saturated rings. The van der Waals surface area contributed by atoms with E-state index >= 15 is 0 Å². The lowest BCUT2D eigenvalue weighted by Crippen LogP contribution is -2.39. The summed E-state index contributed by atoms with van der Waals surface area (Å²) in [6.45, 7) is 3.20. The maximum absolute atomic E-state index is 13.8. The second-order valence-corrected chi connectivity index (χ2v) is 6.28. The van der Waals surface area contributed by atoms with Crippen molar-refractivity contribution in [1.29, 1.82) is 0 Å². The first-order valence-corrected chi connectivity index (χ1v) is 7.75. The molecule has 1 saturated heterocycles. The third-order valence-electron chi connectivity index (χ3n) is 4.01. The quantitative estimate of drug-likeness (QED) is 0.880. The van der Waals surface area contributed by atoms with Crippen molar-refractivity contribution >= 4 is 15.9 Å². The van der Waals surface area contributed by atoms with E-state index in [1.54, 1.807) is 12.1 Å². The van der Waals surface area contributed by atoms with Gasteiger partial charge in [-0.2, -0.15) is 0 Å². The van der Waals surface area contributed by atoms with Gasteiger partial charge in [-0.1, -0.05) is 35.3 Å². The standard InChI is InChI=1S/C15H21BrFNO/c1-2-10-5-6-18-12(7-10)9-15(19)13-4-3-11(16)8-14(13)17/h3-4,8,10,12,15,18-19H,2,5-7,9H2,1H3. The lowest BCUT2D eigenvalue weighted by atomic mass is 9.87. The van der Waals surface area contributed by atoms with E-state index in [0.717, 1.165) is 18.9 Å². The predicted octanol–water partition coefficient (Wildman–Crippen LogP) is 3.79. The Labute approximate surface area is 122 Å². The van der Waals surface area contributed by atoms with E-state index in [-0.39, 0.29) is 11.9 Å². The molecule has 1 aromatic rings. The molecule has 2 N–H and O–H groups in total. The minimum absolute atomic E-state index is 0.289. The molecule has 0 aliphatic carbocycles. The van der Waals surface area contributed by atoms with Crippen molar-refractivity contribution < 1.29 is 9.50 Å². The zero-order valence-corrected chi connectivity index (χ0v) is 12.8. The molecule has 106 valence electrons. The van der Waals surface area contributed by atoms with Gasteiger partial charge in [0.25, 0.3) is 0 Å². The van der Waals surface area contributed by atoms with Crippen LogP contribution in [0.2, 0.25) is 0 Å². The molecule has 2 nitrogen and oxygen atoms in total. The fraction of sp³-hybridized carbons (Fsp3) is 0.600. The minimum atomic E-state index is -0.735. The first-order valence-electron chi connectivity index (χ1n) is 6.96. The minimum Gasteiger partial charge on any atom is -0.388 e. The van der Waals surface area contributed by atoms with E-state index in [4.69, 9.17) is 0 Å². The lowest BCUT2D eigenvalue weighted by Gasteiger charge is -2.31. The topological polar surface area (TPSA) is 32.3 Å². The van der Waals surface area contributed by atoms with Crippen LogP contribution in [0.15, 0.2) is 22.7 Å². The van der Waals surface area contributed by atoms with E-state index in [1.807, 2.05) is 0 Å². The van der Waals surface area contributed by atoms with Crippen LogP contribution in [0.25, 0.3) is 0 Å². The zero-order valence-electron chi connectivity index (χ0n) is 11.2. The van der Waals surface area contributed by atoms with Gasteiger partial charge in [0, 0.05) is 16.1 Å². The van der Waals surface area contributed by atoms with Gasteiger partial charge in [0.1, 0.15) is 5.82 Å². The van der Waals surface area contributed by atoms with Gasteiger partial charge in [0.05, 0.1) is 6.10 Å². The van der Waals surface area contributed by atoms with Crippen molar-refractivity contribution in [3.63, 3.8) is 0 Å². The molecule has 0 aromatic heterocycles. The lowest BCUT2D eigenvalue weighted by molar-refractivity contribution is 0.132. The molecule has 3 unspecified atom stereocenters. The fourth-order valence-corrected chi connectivity index (χ4v) is 3.15. The molecule has 0 amide bonds. The second-order valence-electron chi connectivity index (χ2n) is 5.37. The number of benzene rings is 1. The molecule has 1 aliphatic heterocycles. The van der Waals surface area contributed by atoms with Crippen LogP contribution < -0.4 is 5.32 Å². The van der Waals surface area contributed by atoms with Crippen LogP contribution in [-0.2, 0) is 0 Å². The van der Waals surface area contributed by atoms with Gasteiger partial charge >= 0.3 is 0 Å². The monoisotopic (exact) mass is 329 g/mol. The molecule has 0 bridgehead atoms. The Morgan fingerprint density at radius 3 is 3.00 bits per heavy atom. The van der Waals surface area contributed by atoms with E-state index in [1.165, 1.54) is 18.9 Å². The SMILES string of the molecule is CCC1CCNC(CC(O)c2ccc(Br)cc2F)C1. The number of rotatable bonds is 4. The summed E-state index contributed by atoms with van der Waals surface area (Å²) in [6, 6.07) is 5.12. The summed E-state index contributed by atoms with van der Waals surface area (Å²) in [5.41, 5.74) is 0.392. The van der Waals surface area contributed by atoms with E-state index < -0.39 is 6.10 Å². The molecular weight excluding hydrogens is 309 g/mol. The number of piperidine rings is 1. The molecule has 4 heteroatoms. The predicted molar refractivity (Wildman–Crippen MR) is 78.5 cm³/mol. The fourth-order valence-electron chi connectivity index (χ4n) is 2.81.